The Labute approximate surface area is 129 Å². The molecule has 1 N–H and O–H groups in total. The van der Waals surface area contributed by atoms with Gasteiger partial charge in [-0.1, -0.05) is 31.4 Å². The summed E-state index contributed by atoms with van der Waals surface area (Å²) in [4.78, 5) is 17.0. The quantitative estimate of drug-likeness (QED) is 0.874. The van der Waals surface area contributed by atoms with Gasteiger partial charge in [-0.05, 0) is 31.0 Å². The third kappa shape index (κ3) is 2.88. The molecule has 0 saturated heterocycles. The number of nitrogens with one attached hydrogen (secondary N) is 1. The Hall–Kier alpha value is -1.61. The summed E-state index contributed by atoms with van der Waals surface area (Å²) in [5.41, 5.74) is 1.27. The van der Waals surface area contributed by atoms with E-state index in [2.05, 4.69) is 10.3 Å². The Kier molecular flexibility index (Phi) is 4.11. The summed E-state index contributed by atoms with van der Waals surface area (Å²) in [7, 11) is 0. The molecule has 1 amide bonds. The van der Waals surface area contributed by atoms with Gasteiger partial charge < -0.3 is 5.32 Å². The summed E-state index contributed by atoms with van der Waals surface area (Å²) in [6, 6.07) is 9.44. The largest absolute Gasteiger partial charge is 0.345 e. The summed E-state index contributed by atoms with van der Waals surface area (Å²) < 4.78 is 0. The van der Waals surface area contributed by atoms with Crippen LogP contribution in [0, 0.1) is 0 Å². The van der Waals surface area contributed by atoms with E-state index in [4.69, 9.17) is 11.6 Å². The zero-order chi connectivity index (χ0) is 14.7. The lowest BCUT2D eigenvalue weighted by molar-refractivity contribution is 0.0886. The van der Waals surface area contributed by atoms with Crippen LogP contribution in [0.2, 0.25) is 0 Å². The minimum absolute atomic E-state index is 0.0452. The number of carbonyl (C=O) groups excluding carboxylic acids is 1. The van der Waals surface area contributed by atoms with Gasteiger partial charge in [-0.2, -0.15) is 0 Å². The van der Waals surface area contributed by atoms with Gasteiger partial charge in [-0.3, -0.25) is 9.78 Å². The molecule has 3 nitrogen and oxygen atoms in total. The van der Waals surface area contributed by atoms with Gasteiger partial charge in [0.15, 0.2) is 0 Å². The lowest BCUT2D eigenvalue weighted by atomic mass is 9.83. The molecule has 2 aromatic rings. The summed E-state index contributed by atoms with van der Waals surface area (Å²) in [6.07, 6.45) is 7.16. The van der Waals surface area contributed by atoms with E-state index in [0.29, 0.717) is 11.4 Å². The number of amides is 1. The molecular weight excluding hydrogens is 284 g/mol. The average Bonchev–Trinajstić information content (AvgIpc) is 2.55. The molecule has 0 bridgehead atoms. The minimum atomic E-state index is -0.249. The van der Waals surface area contributed by atoms with Crippen LogP contribution in [0.1, 0.15) is 42.5 Å². The van der Waals surface area contributed by atoms with E-state index in [1.54, 1.807) is 6.20 Å². The second-order valence-corrected chi connectivity index (χ2v) is 6.07. The number of hydrogen-bond acceptors (Lipinski definition) is 2. The van der Waals surface area contributed by atoms with Gasteiger partial charge in [0.1, 0.15) is 0 Å². The van der Waals surface area contributed by atoms with Crippen LogP contribution < -0.4 is 5.32 Å². The number of halogens is 1. The van der Waals surface area contributed by atoms with Crippen molar-refractivity contribution in [2.75, 3.05) is 5.88 Å². The molecule has 1 heterocycles. The van der Waals surface area contributed by atoms with Crippen LogP contribution in [-0.2, 0) is 0 Å². The summed E-state index contributed by atoms with van der Waals surface area (Å²) in [6.45, 7) is 0. The Morgan fingerprint density at radius 3 is 2.76 bits per heavy atom. The SMILES string of the molecule is O=C(NC1(CCl)CCCCC1)c1cccc2ncccc12. The van der Waals surface area contributed by atoms with Gasteiger partial charge in [0.05, 0.1) is 11.1 Å². The molecule has 21 heavy (non-hydrogen) atoms. The van der Waals surface area contributed by atoms with Crippen LogP contribution in [0.3, 0.4) is 0 Å². The van der Waals surface area contributed by atoms with Crippen molar-refractivity contribution < 1.29 is 4.79 Å². The third-order valence-corrected chi connectivity index (χ3v) is 4.85. The molecule has 1 fully saturated rings. The van der Waals surface area contributed by atoms with Crippen molar-refractivity contribution in [3.05, 3.63) is 42.1 Å². The number of nitrogens with zero attached hydrogens (tertiary/aromatic N) is 1. The number of benzene rings is 1. The molecule has 1 aliphatic rings. The number of rotatable bonds is 3. The lowest BCUT2D eigenvalue weighted by Gasteiger charge is -2.36. The first-order valence-corrected chi connectivity index (χ1v) is 8.00. The van der Waals surface area contributed by atoms with Crippen molar-refractivity contribution in [3.63, 3.8) is 0 Å². The van der Waals surface area contributed by atoms with Crippen molar-refractivity contribution in [2.45, 2.75) is 37.6 Å². The van der Waals surface area contributed by atoms with Crippen molar-refractivity contribution in [1.82, 2.24) is 10.3 Å². The fourth-order valence-corrected chi connectivity index (χ4v) is 3.46. The van der Waals surface area contributed by atoms with E-state index in [-0.39, 0.29) is 11.4 Å². The Balaban J connectivity index is 1.90. The molecule has 0 aliphatic heterocycles. The molecule has 1 aromatic carbocycles. The smallest absolute Gasteiger partial charge is 0.252 e. The molecule has 0 unspecified atom stereocenters. The Morgan fingerprint density at radius 1 is 1.19 bits per heavy atom. The van der Waals surface area contributed by atoms with Crippen LogP contribution in [0.25, 0.3) is 10.9 Å². The maximum Gasteiger partial charge on any atom is 0.252 e. The predicted octanol–water partition coefficient (Wildman–Crippen LogP) is 3.91. The van der Waals surface area contributed by atoms with Crippen LogP contribution in [-0.4, -0.2) is 22.3 Å². The van der Waals surface area contributed by atoms with Gasteiger partial charge >= 0.3 is 0 Å². The first kappa shape index (κ1) is 14.3. The van der Waals surface area contributed by atoms with Crippen LogP contribution >= 0.6 is 11.6 Å². The molecular formula is C17H19ClN2O. The zero-order valence-electron chi connectivity index (χ0n) is 11.9. The first-order valence-electron chi connectivity index (χ1n) is 7.46. The molecule has 1 saturated carbocycles. The average molecular weight is 303 g/mol. The number of hydrogen-bond donors (Lipinski definition) is 1. The molecule has 0 radical (unpaired) electrons. The maximum absolute atomic E-state index is 12.7. The van der Waals surface area contributed by atoms with E-state index in [9.17, 15) is 4.79 Å². The minimum Gasteiger partial charge on any atom is -0.345 e. The van der Waals surface area contributed by atoms with E-state index >= 15 is 0 Å². The standard InChI is InChI=1S/C17H19ClN2O/c18-12-17(9-2-1-3-10-17)20-16(21)14-6-4-8-15-13(14)7-5-11-19-15/h4-8,11H,1-3,9-10,12H2,(H,20,21). The molecule has 3 rings (SSSR count). The number of fused-ring (bicyclic) bond motifs is 1. The summed E-state index contributed by atoms with van der Waals surface area (Å²) >= 11 is 6.16. The topological polar surface area (TPSA) is 42.0 Å². The highest BCUT2D eigenvalue weighted by molar-refractivity contribution is 6.19. The Morgan fingerprint density at radius 2 is 2.00 bits per heavy atom. The number of pyridine rings is 1. The highest BCUT2D eigenvalue weighted by atomic mass is 35.5. The molecule has 0 spiro atoms. The van der Waals surface area contributed by atoms with Gasteiger partial charge in [0.25, 0.3) is 5.91 Å². The monoisotopic (exact) mass is 302 g/mol. The molecule has 110 valence electrons. The van der Waals surface area contributed by atoms with E-state index < -0.39 is 0 Å². The number of carbonyl (C=O) groups is 1. The molecule has 0 atom stereocenters. The second kappa shape index (κ2) is 6.02. The van der Waals surface area contributed by atoms with Crippen LogP contribution in [0.15, 0.2) is 36.5 Å². The highest BCUT2D eigenvalue weighted by Crippen LogP contribution is 2.30. The summed E-state index contributed by atoms with van der Waals surface area (Å²) in [5, 5.41) is 4.08. The van der Waals surface area contributed by atoms with Crippen molar-refractivity contribution in [2.24, 2.45) is 0 Å². The predicted molar refractivity (Wildman–Crippen MR) is 85.7 cm³/mol. The van der Waals surface area contributed by atoms with Gasteiger partial charge in [0, 0.05) is 23.0 Å². The second-order valence-electron chi connectivity index (χ2n) is 5.80. The van der Waals surface area contributed by atoms with Gasteiger partial charge in [0.2, 0.25) is 0 Å². The first-order chi connectivity index (χ1) is 10.2. The lowest BCUT2D eigenvalue weighted by Crippen LogP contribution is -2.51. The van der Waals surface area contributed by atoms with Gasteiger partial charge in [-0.15, -0.1) is 11.6 Å². The zero-order valence-corrected chi connectivity index (χ0v) is 12.7. The van der Waals surface area contributed by atoms with Crippen LogP contribution in [0.4, 0.5) is 0 Å². The number of alkyl halides is 1. The normalized spacial score (nSPS) is 17.6. The fraction of sp³-hybridized carbons (Fsp3) is 0.412. The van der Waals surface area contributed by atoms with E-state index in [1.165, 1.54) is 6.42 Å². The Bertz CT molecular complexity index is 645. The molecule has 1 aliphatic carbocycles. The summed E-state index contributed by atoms with van der Waals surface area (Å²) in [5.74, 6) is 0.429. The van der Waals surface area contributed by atoms with Crippen LogP contribution in [0.5, 0.6) is 0 Å². The van der Waals surface area contributed by atoms with Crippen molar-refractivity contribution in [1.29, 1.82) is 0 Å². The van der Waals surface area contributed by atoms with Gasteiger partial charge in [-0.25, -0.2) is 0 Å². The van der Waals surface area contributed by atoms with E-state index in [0.717, 1.165) is 36.6 Å². The highest BCUT2D eigenvalue weighted by Gasteiger charge is 2.33. The molecule has 4 heteroatoms. The van der Waals surface area contributed by atoms with E-state index in [1.807, 2.05) is 30.3 Å². The molecule has 1 aromatic heterocycles. The maximum atomic E-state index is 12.7. The number of aromatic nitrogens is 1. The van der Waals surface area contributed by atoms with Crippen molar-refractivity contribution in [3.8, 4) is 0 Å². The fourth-order valence-electron chi connectivity index (χ4n) is 3.13. The third-order valence-electron chi connectivity index (χ3n) is 4.34. The van der Waals surface area contributed by atoms with Crippen molar-refractivity contribution >= 4 is 28.4 Å².